The van der Waals surface area contributed by atoms with Gasteiger partial charge in [0, 0.05) is 30.4 Å². The van der Waals surface area contributed by atoms with Crippen molar-refractivity contribution in [2.45, 2.75) is 6.92 Å². The Hall–Kier alpha value is -5.42. The van der Waals surface area contributed by atoms with Gasteiger partial charge in [-0.05, 0) is 60.7 Å². The molecule has 192 valence electrons. The van der Waals surface area contributed by atoms with E-state index in [0.717, 1.165) is 12.2 Å². The second-order valence-corrected chi connectivity index (χ2v) is 7.65. The molecule has 4 rings (SSSR count). The van der Waals surface area contributed by atoms with Crippen molar-refractivity contribution in [3.63, 3.8) is 0 Å². The predicted octanol–water partition coefficient (Wildman–Crippen LogP) is 5.09. The molecular weight excluding hydrogens is 488 g/mol. The third kappa shape index (κ3) is 6.04. The summed E-state index contributed by atoms with van der Waals surface area (Å²) in [4.78, 5) is 38.4. The summed E-state index contributed by atoms with van der Waals surface area (Å²) in [7, 11) is 4.51. The van der Waals surface area contributed by atoms with Crippen molar-refractivity contribution in [3.05, 3.63) is 94.6 Å². The number of esters is 2. The second-order valence-electron chi connectivity index (χ2n) is 7.65. The molecule has 0 fully saturated rings. The zero-order valence-electron chi connectivity index (χ0n) is 21.2. The van der Waals surface area contributed by atoms with Gasteiger partial charge in [0.1, 0.15) is 11.0 Å². The number of methoxy groups -OCH3 is 2. The first-order chi connectivity index (χ1) is 18.4. The molecule has 0 aliphatic rings. The zero-order valence-corrected chi connectivity index (χ0v) is 21.2. The molecule has 0 unspecified atom stereocenters. The molecule has 0 saturated carbocycles. The highest BCUT2D eigenvalue weighted by Crippen LogP contribution is 2.30. The summed E-state index contributed by atoms with van der Waals surface area (Å²) >= 11 is 0. The van der Waals surface area contributed by atoms with E-state index in [-0.39, 0.29) is 17.0 Å². The van der Waals surface area contributed by atoms with Gasteiger partial charge in [-0.15, -0.1) is 5.10 Å². The van der Waals surface area contributed by atoms with Crippen LogP contribution in [0.15, 0.2) is 60.7 Å². The fourth-order valence-corrected chi connectivity index (χ4v) is 3.29. The summed E-state index contributed by atoms with van der Waals surface area (Å²) < 4.78 is 9.24. The van der Waals surface area contributed by atoms with Crippen molar-refractivity contribution >= 4 is 40.0 Å². The number of carbonyl (C=O) groups is 2. The minimum absolute atomic E-state index is 0.183. The van der Waals surface area contributed by atoms with Crippen molar-refractivity contribution in [1.29, 1.82) is 0 Å². The van der Waals surface area contributed by atoms with Gasteiger partial charge < -0.3 is 19.2 Å². The van der Waals surface area contributed by atoms with Crippen LogP contribution in [-0.2, 0) is 9.47 Å². The first-order valence-electron chi connectivity index (χ1n) is 11.3. The van der Waals surface area contributed by atoms with Crippen LogP contribution in [0.5, 0.6) is 5.75 Å². The summed E-state index contributed by atoms with van der Waals surface area (Å²) in [5.74, 6) is -0.656. The number of fused-ring (bicyclic) bond motifs is 1. The summed E-state index contributed by atoms with van der Waals surface area (Å²) in [6.07, 6.45) is 0. The second kappa shape index (κ2) is 12.5. The lowest BCUT2D eigenvalue weighted by Crippen LogP contribution is -2.16. The van der Waals surface area contributed by atoms with Crippen molar-refractivity contribution in [1.82, 2.24) is 15.2 Å². The molecule has 0 aliphatic heterocycles. The van der Waals surface area contributed by atoms with E-state index in [0.29, 0.717) is 22.3 Å². The minimum atomic E-state index is -0.511. The van der Waals surface area contributed by atoms with Crippen LogP contribution in [0.25, 0.3) is 20.7 Å². The molecule has 0 atom stereocenters. The normalized spacial score (nSPS) is 9.84. The van der Waals surface area contributed by atoms with Crippen LogP contribution >= 0.6 is 0 Å². The Morgan fingerprint density at radius 3 is 2.13 bits per heavy atom. The number of ether oxygens (including phenoxy) is 2. The van der Waals surface area contributed by atoms with E-state index >= 15 is 0 Å². The minimum Gasteiger partial charge on any atom is -0.465 e. The van der Waals surface area contributed by atoms with Crippen LogP contribution in [0.2, 0.25) is 0 Å². The molecule has 1 heterocycles. The van der Waals surface area contributed by atoms with E-state index in [2.05, 4.69) is 29.5 Å². The van der Waals surface area contributed by atoms with Crippen molar-refractivity contribution < 1.29 is 23.9 Å². The van der Waals surface area contributed by atoms with Gasteiger partial charge in [0.05, 0.1) is 27.4 Å². The van der Waals surface area contributed by atoms with E-state index in [1.54, 1.807) is 30.3 Å². The Morgan fingerprint density at radius 1 is 0.921 bits per heavy atom. The van der Waals surface area contributed by atoms with Gasteiger partial charge in [0.2, 0.25) is 11.4 Å². The third-order valence-electron chi connectivity index (χ3n) is 5.41. The number of benzene rings is 3. The Bertz CT molecular complexity index is 1550. The average Bonchev–Trinajstić information content (AvgIpc) is 3.38. The SMILES string of the molecule is [C-]#[N+]c1cc(C(=O)OC)ccc1N(C)CC.[C-]#[N+]c1cc(C(=O)OC)ccc1On1nnc2ccccc21. The van der Waals surface area contributed by atoms with E-state index in [1.165, 1.54) is 37.3 Å². The molecule has 4 aromatic rings. The molecule has 1 aromatic heterocycles. The Balaban J connectivity index is 0.000000223. The summed E-state index contributed by atoms with van der Waals surface area (Å²) in [5.41, 5.74) is 3.51. The number of aromatic nitrogens is 3. The molecular formula is C27H24N6O5. The van der Waals surface area contributed by atoms with Crippen molar-refractivity contribution in [3.8, 4) is 5.75 Å². The fourth-order valence-electron chi connectivity index (χ4n) is 3.29. The fraction of sp³-hybridized carbons (Fsp3) is 0.185. The van der Waals surface area contributed by atoms with Gasteiger partial charge in [0.15, 0.2) is 5.75 Å². The smallest absolute Gasteiger partial charge is 0.336 e. The Labute approximate surface area is 219 Å². The molecule has 0 aliphatic carbocycles. The molecule has 0 N–H and O–H groups in total. The third-order valence-corrected chi connectivity index (χ3v) is 5.41. The van der Waals surface area contributed by atoms with E-state index in [1.807, 2.05) is 31.0 Å². The summed E-state index contributed by atoms with van der Waals surface area (Å²) in [5, 5.41) is 7.86. The predicted molar refractivity (Wildman–Crippen MR) is 141 cm³/mol. The Morgan fingerprint density at radius 2 is 1.53 bits per heavy atom. The highest BCUT2D eigenvalue weighted by atomic mass is 16.7. The molecule has 38 heavy (non-hydrogen) atoms. The molecule has 11 heteroatoms. The maximum Gasteiger partial charge on any atom is 0.336 e. The van der Waals surface area contributed by atoms with Crippen molar-refractivity contribution in [2.24, 2.45) is 0 Å². The molecule has 0 bridgehead atoms. The molecule has 0 amide bonds. The highest BCUT2D eigenvalue weighted by molar-refractivity contribution is 5.92. The Kier molecular flexibility index (Phi) is 8.95. The van der Waals surface area contributed by atoms with E-state index in [4.69, 9.17) is 18.0 Å². The van der Waals surface area contributed by atoms with Crippen LogP contribution in [0, 0.1) is 13.1 Å². The molecule has 11 nitrogen and oxygen atoms in total. The van der Waals surface area contributed by atoms with Gasteiger partial charge in [-0.1, -0.05) is 17.0 Å². The number of hydrogen-bond donors (Lipinski definition) is 0. The lowest BCUT2D eigenvalue weighted by molar-refractivity contribution is 0.0592. The molecule has 3 aromatic carbocycles. The van der Waals surface area contributed by atoms with Crippen molar-refractivity contribution in [2.75, 3.05) is 32.7 Å². The number of anilines is 1. The largest absolute Gasteiger partial charge is 0.465 e. The highest BCUT2D eigenvalue weighted by Gasteiger charge is 2.14. The summed E-state index contributed by atoms with van der Waals surface area (Å²) in [6, 6.07) is 16.7. The first kappa shape index (κ1) is 27.2. The maximum absolute atomic E-state index is 11.5. The summed E-state index contributed by atoms with van der Waals surface area (Å²) in [6.45, 7) is 17.1. The van der Waals surface area contributed by atoms with Crippen LogP contribution in [-0.4, -0.2) is 54.9 Å². The quantitative estimate of drug-likeness (QED) is 0.260. The first-order valence-corrected chi connectivity index (χ1v) is 11.3. The van der Waals surface area contributed by atoms with Gasteiger partial charge in [-0.3, -0.25) is 0 Å². The zero-order chi connectivity index (χ0) is 27.7. The van der Waals surface area contributed by atoms with Gasteiger partial charge in [-0.25, -0.2) is 19.3 Å². The van der Waals surface area contributed by atoms with Crippen LogP contribution < -0.4 is 9.74 Å². The number of carbonyl (C=O) groups excluding carboxylic acids is 2. The maximum atomic E-state index is 11.5. The standard InChI is InChI=1S/C15H10N4O3.C12H14N2O2/c1-16-12-9-10(15(20)21-2)7-8-14(12)22-19-13-6-4-3-5-11(13)17-18-19;1-5-14(3)11-7-6-9(12(15)16-4)8-10(11)13-2/h3-9H,2H3;6-8H,5H2,1,3-4H3. The number of hydrogen-bond acceptors (Lipinski definition) is 8. The lowest BCUT2D eigenvalue weighted by Gasteiger charge is -2.18. The van der Waals surface area contributed by atoms with E-state index in [9.17, 15) is 9.59 Å². The molecule has 0 saturated heterocycles. The lowest BCUT2D eigenvalue weighted by atomic mass is 10.1. The topological polar surface area (TPSA) is 104 Å². The average molecular weight is 513 g/mol. The van der Waals surface area contributed by atoms with Gasteiger partial charge in [-0.2, -0.15) is 0 Å². The molecule has 0 spiro atoms. The van der Waals surface area contributed by atoms with Crippen LogP contribution in [0.3, 0.4) is 0 Å². The number of rotatable bonds is 6. The van der Waals surface area contributed by atoms with Crippen LogP contribution in [0.1, 0.15) is 27.6 Å². The van der Waals surface area contributed by atoms with Crippen LogP contribution in [0.4, 0.5) is 17.1 Å². The molecule has 0 radical (unpaired) electrons. The monoisotopic (exact) mass is 512 g/mol. The number of para-hydroxylation sites is 1. The van der Waals surface area contributed by atoms with Gasteiger partial charge >= 0.3 is 11.9 Å². The van der Waals surface area contributed by atoms with E-state index < -0.39 is 11.9 Å². The number of nitrogens with zero attached hydrogens (tertiary/aromatic N) is 6. The van der Waals surface area contributed by atoms with Gasteiger partial charge in [0.25, 0.3) is 0 Å².